The van der Waals surface area contributed by atoms with E-state index >= 15 is 0 Å². The number of amides is 2. The molecule has 0 radical (unpaired) electrons. The second-order valence-corrected chi connectivity index (χ2v) is 12.7. The number of benzene rings is 2. The van der Waals surface area contributed by atoms with Crippen LogP contribution >= 0.6 is 0 Å². The van der Waals surface area contributed by atoms with Crippen molar-refractivity contribution in [3.63, 3.8) is 0 Å². The summed E-state index contributed by atoms with van der Waals surface area (Å²) in [6, 6.07) is 15.3. The van der Waals surface area contributed by atoms with Gasteiger partial charge in [-0.1, -0.05) is 24.3 Å². The maximum atomic E-state index is 12.9. The zero-order valence-corrected chi connectivity index (χ0v) is 26.6. The van der Waals surface area contributed by atoms with Gasteiger partial charge in [0.25, 0.3) is 11.8 Å². The fraction of sp³-hybridized carbons (Fsp3) is 0.371. The summed E-state index contributed by atoms with van der Waals surface area (Å²) in [7, 11) is 1.80. The van der Waals surface area contributed by atoms with Crippen molar-refractivity contribution in [2.75, 3.05) is 16.8 Å². The third kappa shape index (κ3) is 7.94. The summed E-state index contributed by atoms with van der Waals surface area (Å²) < 4.78 is 1.64. The van der Waals surface area contributed by atoms with Crippen LogP contribution in [0.5, 0.6) is 0 Å². The number of carbonyl (C=O) groups excluding carboxylic acids is 2. The lowest BCUT2D eigenvalue weighted by atomic mass is 9.99. The van der Waals surface area contributed by atoms with Gasteiger partial charge in [-0.05, 0) is 92.7 Å². The molecule has 3 aliphatic rings. The van der Waals surface area contributed by atoms with Crippen molar-refractivity contribution < 1.29 is 19.5 Å². The molecule has 47 heavy (non-hydrogen) atoms. The molecule has 2 unspecified atom stereocenters. The SMILES string of the molecule is CC1CCC(NC(=O)c2ccc(C3CC3)cc2)CN1c1cnc(C(N)=O)c(Nc2cnn(C)c2)n1.O=C(O)c1ccc(C2CC2)cc1. The predicted octanol–water partition coefficient (Wildman–Crippen LogP) is 4.98. The molecule has 2 aromatic carbocycles. The monoisotopic (exact) mass is 636 g/mol. The van der Waals surface area contributed by atoms with E-state index in [0.29, 0.717) is 41.0 Å². The third-order valence-corrected chi connectivity index (χ3v) is 8.90. The zero-order valence-electron chi connectivity index (χ0n) is 26.6. The number of nitrogens with zero attached hydrogens (tertiary/aromatic N) is 5. The molecule has 5 N–H and O–H groups in total. The van der Waals surface area contributed by atoms with Gasteiger partial charge in [-0.2, -0.15) is 5.10 Å². The summed E-state index contributed by atoms with van der Waals surface area (Å²) in [5.41, 5.74) is 9.90. The number of aryl methyl sites for hydroxylation is 1. The second-order valence-electron chi connectivity index (χ2n) is 12.7. The van der Waals surface area contributed by atoms with E-state index in [1.165, 1.54) is 36.8 Å². The first-order chi connectivity index (χ1) is 22.6. The molecule has 2 amide bonds. The van der Waals surface area contributed by atoms with E-state index in [4.69, 9.17) is 10.8 Å². The number of rotatable bonds is 9. The fourth-order valence-electron chi connectivity index (χ4n) is 5.86. The molecule has 1 aliphatic heterocycles. The van der Waals surface area contributed by atoms with Crippen LogP contribution in [0.4, 0.5) is 17.3 Å². The van der Waals surface area contributed by atoms with Crippen LogP contribution < -0.4 is 21.3 Å². The van der Waals surface area contributed by atoms with Crippen LogP contribution in [-0.2, 0) is 7.05 Å². The Morgan fingerprint density at radius 2 is 1.49 bits per heavy atom. The van der Waals surface area contributed by atoms with Crippen molar-refractivity contribution in [2.24, 2.45) is 12.8 Å². The third-order valence-electron chi connectivity index (χ3n) is 8.90. The first-order valence-corrected chi connectivity index (χ1v) is 16.1. The van der Waals surface area contributed by atoms with Crippen LogP contribution in [0, 0.1) is 0 Å². The molecule has 2 saturated carbocycles. The number of carboxylic acid groups (broad SMARTS) is 1. The highest BCUT2D eigenvalue weighted by Crippen LogP contribution is 2.40. The first kappa shape index (κ1) is 31.7. The van der Waals surface area contributed by atoms with Gasteiger partial charge in [0.05, 0.1) is 23.6 Å². The van der Waals surface area contributed by atoms with Gasteiger partial charge in [-0.25, -0.2) is 14.8 Å². The van der Waals surface area contributed by atoms with E-state index in [-0.39, 0.29) is 29.5 Å². The first-order valence-electron chi connectivity index (χ1n) is 16.1. The second kappa shape index (κ2) is 13.6. The Labute approximate surface area is 273 Å². The molecule has 2 aliphatic carbocycles. The molecule has 2 aromatic heterocycles. The highest BCUT2D eigenvalue weighted by Gasteiger charge is 2.29. The summed E-state index contributed by atoms with van der Waals surface area (Å²) in [5.74, 6) is 0.671. The molecular weight excluding hydrogens is 596 g/mol. The molecule has 0 spiro atoms. The van der Waals surface area contributed by atoms with Crippen LogP contribution in [0.3, 0.4) is 0 Å². The van der Waals surface area contributed by atoms with Gasteiger partial charge >= 0.3 is 5.97 Å². The summed E-state index contributed by atoms with van der Waals surface area (Å²) in [6.07, 6.45) is 11.7. The van der Waals surface area contributed by atoms with Gasteiger partial charge < -0.3 is 26.4 Å². The van der Waals surface area contributed by atoms with Gasteiger partial charge in [0.1, 0.15) is 5.82 Å². The molecule has 0 bridgehead atoms. The number of hydrogen-bond donors (Lipinski definition) is 4. The lowest BCUT2D eigenvalue weighted by molar-refractivity contribution is 0.0696. The number of carbonyl (C=O) groups is 3. The highest BCUT2D eigenvalue weighted by atomic mass is 16.4. The molecule has 4 aromatic rings. The van der Waals surface area contributed by atoms with E-state index in [1.54, 1.807) is 42.5 Å². The summed E-state index contributed by atoms with van der Waals surface area (Å²) in [4.78, 5) is 46.4. The Kier molecular flexibility index (Phi) is 9.19. The van der Waals surface area contributed by atoms with Crippen molar-refractivity contribution >= 4 is 35.1 Å². The van der Waals surface area contributed by atoms with Crippen molar-refractivity contribution in [1.29, 1.82) is 0 Å². The average Bonchev–Trinajstić information content (AvgIpc) is 4.00. The van der Waals surface area contributed by atoms with Crippen molar-refractivity contribution in [3.8, 4) is 0 Å². The number of aromatic carboxylic acids is 1. The fourth-order valence-corrected chi connectivity index (χ4v) is 5.86. The molecular formula is C35H40N8O4. The van der Waals surface area contributed by atoms with Crippen LogP contribution in [-0.4, -0.2) is 61.3 Å². The zero-order chi connectivity index (χ0) is 33.1. The lowest BCUT2D eigenvalue weighted by Crippen LogP contribution is -2.51. The molecule has 12 heteroatoms. The largest absolute Gasteiger partial charge is 0.478 e. The number of nitrogens with two attached hydrogens (primary N) is 1. The Balaban J connectivity index is 0.000000269. The molecule has 244 valence electrons. The quantitative estimate of drug-likeness (QED) is 0.198. The summed E-state index contributed by atoms with van der Waals surface area (Å²) >= 11 is 0. The molecule has 1 saturated heterocycles. The number of hydrogen-bond acceptors (Lipinski definition) is 8. The minimum absolute atomic E-state index is 0.0332. The smallest absolute Gasteiger partial charge is 0.335 e. The number of nitrogens with one attached hydrogen (secondary N) is 2. The number of carboxylic acids is 1. The average molecular weight is 637 g/mol. The highest BCUT2D eigenvalue weighted by molar-refractivity contribution is 5.96. The minimum atomic E-state index is -0.850. The van der Waals surface area contributed by atoms with E-state index in [2.05, 4.69) is 49.7 Å². The Hall–Kier alpha value is -5.26. The summed E-state index contributed by atoms with van der Waals surface area (Å²) in [6.45, 7) is 2.70. The number of aromatic nitrogens is 4. The van der Waals surface area contributed by atoms with E-state index in [1.807, 2.05) is 24.3 Å². The Bertz CT molecular complexity index is 1750. The van der Waals surface area contributed by atoms with Gasteiger partial charge in [-0.15, -0.1) is 0 Å². The van der Waals surface area contributed by atoms with Crippen molar-refractivity contribution in [1.82, 2.24) is 25.1 Å². The Morgan fingerprint density at radius 1 is 0.872 bits per heavy atom. The summed E-state index contributed by atoms with van der Waals surface area (Å²) in [5, 5.41) is 19.0. The molecule has 2 atom stereocenters. The molecule has 7 rings (SSSR count). The maximum absolute atomic E-state index is 12.9. The topological polar surface area (TPSA) is 168 Å². The maximum Gasteiger partial charge on any atom is 0.335 e. The van der Waals surface area contributed by atoms with Crippen LogP contribution in [0.2, 0.25) is 0 Å². The van der Waals surface area contributed by atoms with Gasteiger partial charge in [0, 0.05) is 37.4 Å². The standard InChI is InChI=1S/C25H30N8O2.C10H10O2/c1-15-3-10-19(30-25(35)18-8-6-17(7-9-18)16-4-5-16)14-33(15)21-12-27-22(23(26)34)24(31-21)29-20-11-28-32(2)13-20;11-10(12)9-5-3-8(4-6-9)7-1-2-7/h6-9,11-13,15-16,19H,3-5,10,14H2,1-2H3,(H2,26,34)(H,29,31)(H,30,35);3-7H,1-2H2,(H,11,12). The van der Waals surface area contributed by atoms with E-state index < -0.39 is 11.9 Å². The number of piperidine rings is 1. The lowest BCUT2D eigenvalue weighted by Gasteiger charge is -2.39. The van der Waals surface area contributed by atoms with E-state index in [0.717, 1.165) is 12.8 Å². The van der Waals surface area contributed by atoms with E-state index in [9.17, 15) is 14.4 Å². The van der Waals surface area contributed by atoms with Crippen LogP contribution in [0.1, 0.15) is 99.6 Å². The van der Waals surface area contributed by atoms with Crippen molar-refractivity contribution in [3.05, 3.63) is 95.1 Å². The predicted molar refractivity (Wildman–Crippen MR) is 178 cm³/mol. The van der Waals surface area contributed by atoms with Gasteiger partial charge in [0.15, 0.2) is 11.5 Å². The van der Waals surface area contributed by atoms with Crippen LogP contribution in [0.25, 0.3) is 0 Å². The normalized spacial score (nSPS) is 18.9. The van der Waals surface area contributed by atoms with Crippen molar-refractivity contribution in [2.45, 2.75) is 69.4 Å². The molecule has 3 fully saturated rings. The number of primary amides is 1. The van der Waals surface area contributed by atoms with Gasteiger partial charge in [0.2, 0.25) is 0 Å². The van der Waals surface area contributed by atoms with Gasteiger partial charge in [-0.3, -0.25) is 14.3 Å². The molecule has 3 heterocycles. The molecule has 12 nitrogen and oxygen atoms in total. The minimum Gasteiger partial charge on any atom is -0.478 e. The Morgan fingerprint density at radius 3 is 2.02 bits per heavy atom. The number of anilines is 3. The van der Waals surface area contributed by atoms with Crippen LogP contribution in [0.15, 0.2) is 67.1 Å².